The van der Waals surface area contributed by atoms with Crippen LogP contribution in [0.1, 0.15) is 13.8 Å². The lowest BCUT2D eigenvalue weighted by Crippen LogP contribution is -1.78. The van der Waals surface area contributed by atoms with Crippen LogP contribution in [-0.4, -0.2) is 6.29 Å². The molecule has 0 bridgehead atoms. The van der Waals surface area contributed by atoms with Crippen molar-refractivity contribution in [3.05, 3.63) is 36.0 Å². The molecule has 0 atom stereocenters. The van der Waals surface area contributed by atoms with Crippen LogP contribution in [0.15, 0.2) is 36.0 Å². The van der Waals surface area contributed by atoms with Gasteiger partial charge in [-0.3, -0.25) is 4.79 Å². The largest absolute Gasteiger partial charge is 0.298 e. The van der Waals surface area contributed by atoms with Crippen LogP contribution in [0.4, 0.5) is 0 Å². The predicted octanol–water partition coefficient (Wildman–Crippen LogP) is 2.26. The van der Waals surface area contributed by atoms with E-state index in [1.165, 1.54) is 0 Å². The fourth-order valence-electron chi connectivity index (χ4n) is 0.598. The van der Waals surface area contributed by atoms with Crippen molar-refractivity contribution in [1.29, 1.82) is 0 Å². The van der Waals surface area contributed by atoms with Crippen LogP contribution in [0.3, 0.4) is 0 Å². The van der Waals surface area contributed by atoms with Crippen LogP contribution >= 0.6 is 0 Å². The molecule has 0 amide bonds. The second-order valence-corrected chi connectivity index (χ2v) is 2.11. The van der Waals surface area contributed by atoms with Crippen LogP contribution in [0.25, 0.3) is 0 Å². The van der Waals surface area contributed by atoms with Gasteiger partial charge in [-0.05, 0) is 19.9 Å². The summed E-state index contributed by atoms with van der Waals surface area (Å²) in [6, 6.07) is 0. The molecule has 0 N–H and O–H groups in total. The fourth-order valence-corrected chi connectivity index (χ4v) is 0.598. The van der Waals surface area contributed by atoms with E-state index in [-0.39, 0.29) is 0 Å². The maximum absolute atomic E-state index is 10.3. The van der Waals surface area contributed by atoms with E-state index in [1.807, 2.05) is 19.9 Å². The van der Waals surface area contributed by atoms with Gasteiger partial charge in [-0.2, -0.15) is 0 Å². The van der Waals surface area contributed by atoms with E-state index in [0.29, 0.717) is 5.57 Å². The summed E-state index contributed by atoms with van der Waals surface area (Å²) < 4.78 is 0. The molecule has 0 saturated heterocycles. The maximum atomic E-state index is 10.3. The molecular weight excluding hydrogens is 124 g/mol. The van der Waals surface area contributed by atoms with E-state index < -0.39 is 0 Å². The third-order valence-corrected chi connectivity index (χ3v) is 0.908. The van der Waals surface area contributed by atoms with Gasteiger partial charge in [0.15, 0.2) is 0 Å². The molecule has 0 saturated carbocycles. The molecular formula is C9H12O. The van der Waals surface area contributed by atoms with Crippen molar-refractivity contribution in [2.24, 2.45) is 0 Å². The van der Waals surface area contributed by atoms with Crippen LogP contribution in [0, 0.1) is 0 Å². The zero-order chi connectivity index (χ0) is 7.98. The van der Waals surface area contributed by atoms with Gasteiger partial charge >= 0.3 is 0 Å². The SMILES string of the molecule is C=C(C)/C=C(C=O)\C=C/C. The third kappa shape index (κ3) is 3.84. The topological polar surface area (TPSA) is 17.1 Å². The number of allylic oxidation sites excluding steroid dienone is 5. The first-order valence-electron chi connectivity index (χ1n) is 3.15. The van der Waals surface area contributed by atoms with Gasteiger partial charge < -0.3 is 0 Å². The van der Waals surface area contributed by atoms with Gasteiger partial charge in [0.25, 0.3) is 0 Å². The molecule has 1 heteroatoms. The lowest BCUT2D eigenvalue weighted by molar-refractivity contribution is -0.104. The zero-order valence-corrected chi connectivity index (χ0v) is 6.42. The summed E-state index contributed by atoms with van der Waals surface area (Å²) in [5, 5.41) is 0. The van der Waals surface area contributed by atoms with Gasteiger partial charge in [0.1, 0.15) is 6.29 Å². The first-order valence-corrected chi connectivity index (χ1v) is 3.15. The minimum absolute atomic E-state index is 0.662. The zero-order valence-electron chi connectivity index (χ0n) is 6.42. The molecule has 0 aromatic rings. The lowest BCUT2D eigenvalue weighted by atomic mass is 10.2. The summed E-state index contributed by atoms with van der Waals surface area (Å²) in [4.78, 5) is 10.3. The Labute approximate surface area is 61.8 Å². The number of carbonyl (C=O) groups is 1. The summed E-state index contributed by atoms with van der Waals surface area (Å²) in [5.41, 5.74) is 1.55. The highest BCUT2D eigenvalue weighted by molar-refractivity contribution is 5.78. The molecule has 0 aromatic carbocycles. The average molecular weight is 136 g/mol. The number of hydrogen-bond donors (Lipinski definition) is 0. The minimum atomic E-state index is 0.662. The Morgan fingerprint density at radius 1 is 1.50 bits per heavy atom. The predicted molar refractivity (Wildman–Crippen MR) is 43.8 cm³/mol. The monoisotopic (exact) mass is 136 g/mol. The number of carbonyl (C=O) groups excluding carboxylic acids is 1. The summed E-state index contributed by atoms with van der Waals surface area (Å²) in [7, 11) is 0. The van der Waals surface area contributed by atoms with E-state index >= 15 is 0 Å². The van der Waals surface area contributed by atoms with Crippen molar-refractivity contribution >= 4 is 6.29 Å². The van der Waals surface area contributed by atoms with Gasteiger partial charge in [-0.15, -0.1) is 0 Å². The van der Waals surface area contributed by atoms with Gasteiger partial charge in [0, 0.05) is 5.57 Å². The molecule has 0 unspecified atom stereocenters. The molecule has 0 aromatic heterocycles. The van der Waals surface area contributed by atoms with E-state index in [4.69, 9.17) is 0 Å². The molecule has 0 aliphatic rings. The van der Waals surface area contributed by atoms with Gasteiger partial charge in [0.2, 0.25) is 0 Å². The Hall–Kier alpha value is -1.11. The lowest BCUT2D eigenvalue weighted by Gasteiger charge is -1.88. The summed E-state index contributed by atoms with van der Waals surface area (Å²) in [6.45, 7) is 7.38. The van der Waals surface area contributed by atoms with Crippen LogP contribution in [0.2, 0.25) is 0 Å². The molecule has 0 heterocycles. The van der Waals surface area contributed by atoms with Crippen LogP contribution in [-0.2, 0) is 4.79 Å². The van der Waals surface area contributed by atoms with E-state index in [9.17, 15) is 4.79 Å². The molecule has 0 aliphatic heterocycles. The Kier molecular flexibility index (Phi) is 4.21. The molecule has 0 fully saturated rings. The van der Waals surface area contributed by atoms with E-state index in [2.05, 4.69) is 6.58 Å². The molecule has 0 aliphatic carbocycles. The highest BCUT2D eigenvalue weighted by Gasteiger charge is 1.85. The highest BCUT2D eigenvalue weighted by atomic mass is 16.1. The highest BCUT2D eigenvalue weighted by Crippen LogP contribution is 1.98. The molecule has 0 radical (unpaired) electrons. The number of rotatable bonds is 3. The van der Waals surface area contributed by atoms with Crippen LogP contribution < -0.4 is 0 Å². The van der Waals surface area contributed by atoms with E-state index in [1.54, 1.807) is 12.2 Å². The van der Waals surface area contributed by atoms with Crippen LogP contribution in [0.5, 0.6) is 0 Å². The normalized spacial score (nSPS) is 12.0. The Morgan fingerprint density at radius 2 is 2.10 bits per heavy atom. The molecule has 0 rings (SSSR count). The summed E-state index contributed by atoms with van der Waals surface area (Å²) >= 11 is 0. The van der Waals surface area contributed by atoms with E-state index in [0.717, 1.165) is 11.9 Å². The first-order chi connectivity index (χ1) is 4.70. The number of aldehydes is 1. The number of hydrogen-bond acceptors (Lipinski definition) is 1. The van der Waals surface area contributed by atoms with Crippen molar-refractivity contribution in [3.8, 4) is 0 Å². The molecule has 10 heavy (non-hydrogen) atoms. The average Bonchev–Trinajstić information content (AvgIpc) is 1.86. The molecule has 1 nitrogen and oxygen atoms in total. The second kappa shape index (κ2) is 4.74. The summed E-state index contributed by atoms with van der Waals surface area (Å²) in [6.07, 6.45) is 6.13. The quantitative estimate of drug-likeness (QED) is 0.330. The Bertz CT molecular complexity index is 185. The first kappa shape index (κ1) is 8.89. The minimum Gasteiger partial charge on any atom is -0.298 e. The van der Waals surface area contributed by atoms with Gasteiger partial charge in [-0.1, -0.05) is 24.3 Å². The molecule has 0 spiro atoms. The molecule has 54 valence electrons. The third-order valence-electron chi connectivity index (χ3n) is 0.908. The van der Waals surface area contributed by atoms with Gasteiger partial charge in [-0.25, -0.2) is 0 Å². The van der Waals surface area contributed by atoms with Crippen molar-refractivity contribution in [1.82, 2.24) is 0 Å². The smallest absolute Gasteiger partial charge is 0.150 e. The van der Waals surface area contributed by atoms with Gasteiger partial charge in [0.05, 0.1) is 0 Å². The Balaban J connectivity index is 4.33. The standard InChI is InChI=1S/C9H12O/c1-4-5-9(7-10)6-8(2)3/h4-7H,2H2,1,3H3/b5-4-,9-6+. The maximum Gasteiger partial charge on any atom is 0.150 e. The Morgan fingerprint density at radius 3 is 2.40 bits per heavy atom. The summed E-state index contributed by atoms with van der Waals surface area (Å²) in [5.74, 6) is 0. The van der Waals surface area contributed by atoms with Crippen molar-refractivity contribution in [2.45, 2.75) is 13.8 Å². The fraction of sp³-hybridized carbons (Fsp3) is 0.222. The second-order valence-electron chi connectivity index (χ2n) is 2.11. The van der Waals surface area contributed by atoms with Crippen molar-refractivity contribution in [3.63, 3.8) is 0 Å². The van der Waals surface area contributed by atoms with Crippen molar-refractivity contribution < 1.29 is 4.79 Å². The van der Waals surface area contributed by atoms with Crippen molar-refractivity contribution in [2.75, 3.05) is 0 Å².